The highest BCUT2D eigenvalue weighted by molar-refractivity contribution is 4.73. The fourth-order valence-electron chi connectivity index (χ4n) is 2.43. The first kappa shape index (κ1) is 10.4. The summed E-state index contributed by atoms with van der Waals surface area (Å²) in [4.78, 5) is 2.57. The molecule has 0 spiro atoms. The van der Waals surface area contributed by atoms with Gasteiger partial charge in [-0.3, -0.25) is 0 Å². The number of nitrogens with one attached hydrogen (secondary N) is 1. The summed E-state index contributed by atoms with van der Waals surface area (Å²) in [6.45, 7) is 7.97. The summed E-state index contributed by atoms with van der Waals surface area (Å²) < 4.78 is 5.46. The number of hydrogen-bond donors (Lipinski definition) is 1. The average Bonchev–Trinajstić information content (AvgIpc) is 2.48. The van der Waals surface area contributed by atoms with Crippen LogP contribution in [0.15, 0.2) is 0 Å². The van der Waals surface area contributed by atoms with Crippen molar-refractivity contribution < 1.29 is 4.74 Å². The van der Waals surface area contributed by atoms with E-state index in [0.717, 1.165) is 25.7 Å². The Hall–Kier alpha value is -0.120. The summed E-state index contributed by atoms with van der Waals surface area (Å²) in [5, 5.41) is 3.48. The van der Waals surface area contributed by atoms with E-state index < -0.39 is 0 Å². The molecule has 0 unspecified atom stereocenters. The Labute approximate surface area is 86.8 Å². The Morgan fingerprint density at radius 3 is 3.07 bits per heavy atom. The molecule has 0 saturated carbocycles. The van der Waals surface area contributed by atoms with E-state index in [1.54, 1.807) is 0 Å². The molecular weight excluding hydrogens is 176 g/mol. The maximum Gasteiger partial charge on any atom is 0.0593 e. The van der Waals surface area contributed by atoms with Crippen molar-refractivity contribution in [3.05, 3.63) is 0 Å². The monoisotopic (exact) mass is 198 g/mol. The van der Waals surface area contributed by atoms with Gasteiger partial charge in [-0.25, -0.2) is 0 Å². The first-order valence-electron chi connectivity index (χ1n) is 5.96. The quantitative estimate of drug-likeness (QED) is 0.707. The summed E-state index contributed by atoms with van der Waals surface area (Å²) in [6.07, 6.45) is 3.97. The Morgan fingerprint density at radius 2 is 2.21 bits per heavy atom. The molecule has 0 aromatic heterocycles. The molecule has 82 valence electrons. The molecule has 0 aliphatic carbocycles. The zero-order chi connectivity index (χ0) is 9.64. The zero-order valence-corrected chi connectivity index (χ0v) is 9.00. The fourth-order valence-corrected chi connectivity index (χ4v) is 2.43. The van der Waals surface area contributed by atoms with Gasteiger partial charge in [-0.05, 0) is 38.3 Å². The van der Waals surface area contributed by atoms with E-state index in [-0.39, 0.29) is 0 Å². The number of piperidine rings is 1. The van der Waals surface area contributed by atoms with Gasteiger partial charge >= 0.3 is 0 Å². The minimum atomic E-state index is 0.877. The van der Waals surface area contributed by atoms with Gasteiger partial charge in [0.25, 0.3) is 0 Å². The third-order valence-corrected chi connectivity index (χ3v) is 3.23. The predicted molar refractivity (Wildman–Crippen MR) is 57.5 cm³/mol. The van der Waals surface area contributed by atoms with Crippen LogP contribution in [-0.4, -0.2) is 50.8 Å². The number of hydrogen-bond acceptors (Lipinski definition) is 3. The first-order chi connectivity index (χ1) is 6.95. The summed E-state index contributed by atoms with van der Waals surface area (Å²) in [5.41, 5.74) is 0. The Morgan fingerprint density at radius 1 is 1.21 bits per heavy atom. The third kappa shape index (κ3) is 3.23. The predicted octanol–water partition coefficient (Wildman–Crippen LogP) is 0.708. The number of rotatable bonds is 2. The molecule has 3 nitrogen and oxygen atoms in total. The van der Waals surface area contributed by atoms with Crippen molar-refractivity contribution in [2.24, 2.45) is 5.92 Å². The van der Waals surface area contributed by atoms with Crippen LogP contribution in [-0.2, 0) is 4.74 Å². The molecule has 0 aromatic carbocycles. The van der Waals surface area contributed by atoms with Gasteiger partial charge in [0, 0.05) is 26.2 Å². The highest BCUT2D eigenvalue weighted by Crippen LogP contribution is 2.12. The van der Waals surface area contributed by atoms with Crippen molar-refractivity contribution in [3.8, 4) is 0 Å². The van der Waals surface area contributed by atoms with Gasteiger partial charge in [0.05, 0.1) is 6.61 Å². The van der Waals surface area contributed by atoms with Crippen molar-refractivity contribution >= 4 is 0 Å². The topological polar surface area (TPSA) is 24.5 Å². The third-order valence-electron chi connectivity index (χ3n) is 3.23. The van der Waals surface area contributed by atoms with Crippen molar-refractivity contribution in [1.82, 2.24) is 10.2 Å². The molecule has 2 aliphatic heterocycles. The van der Waals surface area contributed by atoms with Crippen molar-refractivity contribution in [2.45, 2.75) is 19.3 Å². The van der Waals surface area contributed by atoms with Crippen LogP contribution < -0.4 is 5.32 Å². The molecule has 2 fully saturated rings. The second-order valence-electron chi connectivity index (χ2n) is 4.48. The van der Waals surface area contributed by atoms with Gasteiger partial charge < -0.3 is 15.0 Å². The Kier molecular flexibility index (Phi) is 4.22. The van der Waals surface area contributed by atoms with Gasteiger partial charge in [-0.15, -0.1) is 0 Å². The Balaban J connectivity index is 1.71. The van der Waals surface area contributed by atoms with E-state index >= 15 is 0 Å². The highest BCUT2D eigenvalue weighted by Gasteiger charge is 2.17. The molecular formula is C11H22N2O. The van der Waals surface area contributed by atoms with Crippen LogP contribution in [0.4, 0.5) is 0 Å². The van der Waals surface area contributed by atoms with E-state index in [9.17, 15) is 0 Å². The van der Waals surface area contributed by atoms with Crippen LogP contribution in [0, 0.1) is 5.92 Å². The molecule has 2 rings (SSSR count). The van der Waals surface area contributed by atoms with Crippen LogP contribution in [0.25, 0.3) is 0 Å². The lowest BCUT2D eigenvalue weighted by Crippen LogP contribution is -2.39. The van der Waals surface area contributed by atoms with E-state index in [1.807, 2.05) is 0 Å². The van der Waals surface area contributed by atoms with Gasteiger partial charge in [0.1, 0.15) is 0 Å². The molecule has 0 aromatic rings. The normalized spacial score (nSPS) is 31.3. The van der Waals surface area contributed by atoms with Gasteiger partial charge in [-0.1, -0.05) is 0 Å². The van der Waals surface area contributed by atoms with Gasteiger partial charge in [0.15, 0.2) is 0 Å². The lowest BCUT2D eigenvalue weighted by atomic mass is 9.99. The molecule has 3 heteroatoms. The van der Waals surface area contributed by atoms with Gasteiger partial charge in [-0.2, -0.15) is 0 Å². The maximum absolute atomic E-state index is 5.46. The molecule has 14 heavy (non-hydrogen) atoms. The summed E-state index contributed by atoms with van der Waals surface area (Å²) in [6, 6.07) is 0. The SMILES string of the molecule is C1CNC[C@@H](CN2CCCOCC2)C1. The molecule has 0 amide bonds. The smallest absolute Gasteiger partial charge is 0.0593 e. The van der Waals surface area contributed by atoms with Crippen molar-refractivity contribution in [3.63, 3.8) is 0 Å². The number of nitrogens with zero attached hydrogens (tertiary/aromatic N) is 1. The van der Waals surface area contributed by atoms with E-state index in [0.29, 0.717) is 0 Å². The van der Waals surface area contributed by atoms with Crippen LogP contribution in [0.5, 0.6) is 0 Å². The summed E-state index contributed by atoms with van der Waals surface area (Å²) >= 11 is 0. The van der Waals surface area contributed by atoms with Crippen LogP contribution >= 0.6 is 0 Å². The molecule has 2 heterocycles. The molecule has 1 atom stereocenters. The molecule has 0 radical (unpaired) electrons. The second kappa shape index (κ2) is 5.69. The fraction of sp³-hybridized carbons (Fsp3) is 1.00. The lowest BCUT2D eigenvalue weighted by Gasteiger charge is -2.28. The highest BCUT2D eigenvalue weighted by atomic mass is 16.5. The summed E-state index contributed by atoms with van der Waals surface area (Å²) in [7, 11) is 0. The second-order valence-corrected chi connectivity index (χ2v) is 4.48. The maximum atomic E-state index is 5.46. The van der Waals surface area contributed by atoms with Crippen molar-refractivity contribution in [1.29, 1.82) is 0 Å². The van der Waals surface area contributed by atoms with Crippen molar-refractivity contribution in [2.75, 3.05) is 45.9 Å². The zero-order valence-electron chi connectivity index (χ0n) is 9.00. The molecule has 0 bridgehead atoms. The van der Waals surface area contributed by atoms with Crippen LogP contribution in [0.3, 0.4) is 0 Å². The largest absolute Gasteiger partial charge is 0.380 e. The molecule has 2 saturated heterocycles. The van der Waals surface area contributed by atoms with Crippen LogP contribution in [0.1, 0.15) is 19.3 Å². The van der Waals surface area contributed by atoms with E-state index in [4.69, 9.17) is 4.74 Å². The van der Waals surface area contributed by atoms with E-state index in [1.165, 1.54) is 45.4 Å². The number of ether oxygens (including phenoxy) is 1. The molecule has 2 aliphatic rings. The minimum absolute atomic E-state index is 0.877. The van der Waals surface area contributed by atoms with Crippen LogP contribution in [0.2, 0.25) is 0 Å². The average molecular weight is 198 g/mol. The van der Waals surface area contributed by atoms with E-state index in [2.05, 4.69) is 10.2 Å². The molecule has 1 N–H and O–H groups in total. The standard InChI is InChI=1S/C11H22N2O/c1-3-11(9-12-4-1)10-13-5-2-7-14-8-6-13/h11-12H,1-10H2/t11-/m0/s1. The minimum Gasteiger partial charge on any atom is -0.380 e. The van der Waals surface area contributed by atoms with Gasteiger partial charge in [0.2, 0.25) is 0 Å². The first-order valence-corrected chi connectivity index (χ1v) is 5.96. The Bertz CT molecular complexity index is 149. The summed E-state index contributed by atoms with van der Waals surface area (Å²) in [5.74, 6) is 0.877. The lowest BCUT2D eigenvalue weighted by molar-refractivity contribution is 0.136.